The van der Waals surface area contributed by atoms with Gasteiger partial charge in [0.2, 0.25) is 0 Å². The van der Waals surface area contributed by atoms with Gasteiger partial charge in [0.25, 0.3) is 0 Å². The highest BCUT2D eigenvalue weighted by atomic mass is 16.5. The molecule has 4 aliphatic heterocycles. The molecule has 10 aliphatic rings. The van der Waals surface area contributed by atoms with Crippen molar-refractivity contribution in [2.24, 2.45) is 22.7 Å². The SMILES string of the molecule is CC(C)N[C@H]1CCC2=CC3=CC[C@]4(C)C(c5ccc6ccncc6c5)CC[C@H]4[C@@]34CCC2(C1)O4.CCN(C(C)C)[C@H]1CCC2=CC3=CC[C@]4(C)C(c5ccc6ccncc6c5)CC[C@H]4[C@@]34CCC2(C1)O4.[B]B([B])B(B([B])[B])B(B([B])[B])B(B(B([B])[B])B([B])[B])B(B(B([B])[B])B([B])[B])B(B([B])[B])B([B])[B].[B]B([B])B([B])B(B([B])[B])B(B(B([B])[B])B([B])[B])B(B(B([B])[B])B([B])[B])B(B([B])[B])B([B])[B]. The number of allylic oxidation sites excluding steroid dienone is 2. The van der Waals surface area contributed by atoms with Gasteiger partial charge in [-0.1, -0.05) is 83.2 Å². The van der Waals surface area contributed by atoms with Crippen LogP contribution in [0.2, 0.25) is 0 Å². The van der Waals surface area contributed by atoms with Gasteiger partial charge in [0, 0.05) is 528 Å². The Labute approximate surface area is 882 Å². The minimum absolute atomic E-state index is 0.0203. The van der Waals surface area contributed by atoms with Gasteiger partial charge in [-0.3, -0.25) is 14.9 Å². The maximum absolute atomic E-state index is 7.55. The van der Waals surface area contributed by atoms with E-state index in [9.17, 15) is 0 Å². The Bertz CT molecular complexity index is 4600. The predicted molar refractivity (Wildman–Crippen MR) is 665 cm³/mol. The van der Waals surface area contributed by atoms with Crippen LogP contribution in [0.4, 0.5) is 0 Å². The molecule has 2 aromatic carbocycles. The second-order valence-electron chi connectivity index (χ2n) is 43.4. The van der Waals surface area contributed by atoms with Crippen LogP contribution < -0.4 is 5.32 Å². The predicted octanol–water partition coefficient (Wildman–Crippen LogP) is -10.7. The first kappa shape index (κ1) is 117. The largest absolute Gasteiger partial charge is 0.359 e. The highest BCUT2D eigenvalue weighted by Gasteiger charge is 2.70. The van der Waals surface area contributed by atoms with E-state index in [1.165, 1.54) is 140 Å². The van der Waals surface area contributed by atoms with Gasteiger partial charge in [0.1, 0.15) is 0 Å². The Morgan fingerprint density at radius 1 is 0.368 bits per heavy atom. The summed E-state index contributed by atoms with van der Waals surface area (Å²) in [6, 6.07) is 20.8. The lowest BCUT2D eigenvalue weighted by atomic mass is 8.29. The van der Waals surface area contributed by atoms with Gasteiger partial charge in [-0.15, -0.1) is 0 Å². The zero-order chi connectivity index (χ0) is 101. The Hall–Kier alpha value is 0.346. The van der Waals surface area contributed by atoms with E-state index in [0.29, 0.717) is 47.8 Å². The molecule has 6 aliphatic carbocycles. The number of aromatic nitrogens is 2. The fraction of sp³-hybridized carbons (Fsp3) is 0.594. The topological polar surface area (TPSA) is 59.5 Å². The Morgan fingerprint density at radius 3 is 1.01 bits per heavy atom. The number of hydrogen-bond donors (Lipinski definition) is 1. The van der Waals surface area contributed by atoms with E-state index in [4.69, 9.17) is 280 Å². The first-order valence-electron chi connectivity index (χ1n) is 49.6. The molecule has 70 radical (unpaired) electrons. The molecule has 4 bridgehead atoms. The van der Waals surface area contributed by atoms with E-state index in [1.807, 2.05) is 24.8 Å². The van der Waals surface area contributed by atoms with E-state index in [1.54, 1.807) is 11.1 Å². The Balaban J connectivity index is 0.000000174. The molecule has 566 valence electrons. The lowest BCUT2D eigenvalue weighted by molar-refractivity contribution is -0.141. The molecule has 4 aromatic rings. The zero-order valence-corrected chi connectivity index (χ0v) is 81.6. The molecular weight excluding hydrogens is 1570 g/mol. The van der Waals surface area contributed by atoms with Crippen LogP contribution in [0.5, 0.6) is 0 Å². The van der Waals surface area contributed by atoms with Crippen molar-refractivity contribution in [1.82, 2.24) is 20.2 Å². The number of hydrogen-bond acceptors (Lipinski definition) is 6. The molecule has 136 heavy (non-hydrogen) atoms. The molecule has 1 N–H and O–H groups in total. The van der Waals surface area contributed by atoms with Gasteiger partial charge in [-0.25, -0.2) is 0 Å². The molecular formula is C64H80B66N4O2. The number of ether oxygens (including phenoxy) is 2. The summed E-state index contributed by atoms with van der Waals surface area (Å²) in [6.45, 7) is 17.9. The molecule has 12 atom stereocenters. The number of rotatable bonds is 36. The fourth-order valence-corrected chi connectivity index (χ4v) is 28.7. The summed E-state index contributed by atoms with van der Waals surface area (Å²) in [4.78, 5) is 11.5. The van der Waals surface area contributed by atoms with Crippen molar-refractivity contribution in [2.75, 3.05) is 6.54 Å². The lowest BCUT2D eigenvalue weighted by Gasteiger charge is -2.55. The summed E-state index contributed by atoms with van der Waals surface area (Å²) >= 11 is 0. The number of nitrogens with zero attached hydrogens (tertiary/aromatic N) is 3. The van der Waals surface area contributed by atoms with Gasteiger partial charge < -0.3 is 14.8 Å². The van der Waals surface area contributed by atoms with Gasteiger partial charge in [-0.2, -0.15) is 0 Å². The number of nitrogens with one attached hydrogen (secondary N) is 1. The molecule has 14 rings (SSSR count). The van der Waals surface area contributed by atoms with Crippen LogP contribution >= 0.6 is 0 Å². The summed E-state index contributed by atoms with van der Waals surface area (Å²) in [7, 11) is 213. The van der Waals surface area contributed by atoms with Crippen molar-refractivity contribution in [3.05, 3.63) is 131 Å². The van der Waals surface area contributed by atoms with Crippen LogP contribution in [0.1, 0.15) is 174 Å². The van der Waals surface area contributed by atoms with E-state index < -0.39 is 198 Å². The number of pyridine rings is 2. The normalized spacial score (nSPS) is 25.1. The highest BCUT2D eigenvalue weighted by Crippen LogP contribution is 2.71. The number of fused-ring (bicyclic) bond motifs is 4. The molecule has 0 amide bonds. The second-order valence-corrected chi connectivity index (χ2v) is 43.4. The van der Waals surface area contributed by atoms with Crippen LogP contribution in [0.3, 0.4) is 0 Å². The maximum atomic E-state index is 7.55. The Kier molecular flexibility index (Phi) is 41.6. The van der Waals surface area contributed by atoms with Crippen molar-refractivity contribution in [3.8, 4) is 0 Å². The van der Waals surface area contributed by atoms with E-state index in [0.717, 1.165) is 13.0 Å². The average molecular weight is 1650 g/mol. The van der Waals surface area contributed by atoms with E-state index in [2.05, 4.69) is 141 Å². The monoisotopic (exact) mass is 1660 g/mol. The number of benzene rings is 2. The summed E-state index contributed by atoms with van der Waals surface area (Å²) < 4.78 is 15.0. The first-order valence-corrected chi connectivity index (χ1v) is 49.6. The van der Waals surface area contributed by atoms with Gasteiger partial charge in [-0.05, 0) is 226 Å². The van der Waals surface area contributed by atoms with Crippen LogP contribution in [-0.4, -0.2) is 537 Å². The van der Waals surface area contributed by atoms with Crippen molar-refractivity contribution < 1.29 is 9.47 Å². The van der Waals surface area contributed by atoms with Gasteiger partial charge in [0.05, 0.1) is 22.4 Å². The van der Waals surface area contributed by atoms with Crippen molar-refractivity contribution in [1.29, 1.82) is 0 Å². The molecule has 6 heterocycles. The van der Waals surface area contributed by atoms with Gasteiger partial charge in [0.15, 0.2) is 0 Å². The van der Waals surface area contributed by atoms with Crippen molar-refractivity contribution in [2.45, 2.75) is 210 Å². The smallest absolute Gasteiger partial charge is 0.0974 e. The second kappa shape index (κ2) is 48.5. The fourth-order valence-electron chi connectivity index (χ4n) is 28.7. The Morgan fingerprint density at radius 2 is 0.691 bits per heavy atom. The van der Waals surface area contributed by atoms with E-state index >= 15 is 0 Å². The minimum atomic E-state index is -1.16. The summed E-state index contributed by atoms with van der Waals surface area (Å²) in [5.41, 5.74) is 9.58. The maximum Gasteiger partial charge on any atom is 0.0974 e. The molecule has 6 fully saturated rings. The zero-order valence-electron chi connectivity index (χ0n) is 81.6. The quantitative estimate of drug-likeness (QED) is 0.0458. The van der Waals surface area contributed by atoms with Crippen molar-refractivity contribution in [3.63, 3.8) is 0 Å². The first-order chi connectivity index (χ1) is 63.7. The summed E-state index contributed by atoms with van der Waals surface area (Å²) in [5, 5.41) is 8.95. The summed E-state index contributed by atoms with van der Waals surface area (Å²) in [6.07, 6.45) is 5.88. The molecule has 4 unspecified atom stereocenters. The molecule has 72 heteroatoms. The highest BCUT2D eigenvalue weighted by molar-refractivity contribution is 8.31. The van der Waals surface area contributed by atoms with Crippen LogP contribution in [0.25, 0.3) is 21.5 Å². The third kappa shape index (κ3) is 24.2. The lowest BCUT2D eigenvalue weighted by Crippen LogP contribution is -2.90. The summed E-state index contributed by atoms with van der Waals surface area (Å²) in [5.74, 6) is 2.37. The molecule has 4 saturated carbocycles. The molecule has 2 saturated heterocycles. The van der Waals surface area contributed by atoms with Crippen molar-refractivity contribution >= 4 is 490 Å². The van der Waals surface area contributed by atoms with Crippen LogP contribution in [-0.2, 0) is 9.47 Å². The third-order valence-corrected chi connectivity index (χ3v) is 34.4. The van der Waals surface area contributed by atoms with Gasteiger partial charge >= 0.3 is 0 Å². The standard InChI is InChI=1S/C33H42N2O.C31H38N2O.B34.B32/c1-5-35(22(2)3)28-9-8-26-19-27-12-14-31(4)29(24-7-6-23-13-17-34-21-25(23)18-24)10-11-30(31)33(27)16-15-32(26,20-28)36-33;1-20(2)33-26-7-6-24-17-25-10-12-29(3)27(22-5-4-21-11-15-32-19-23(21)16-22)8-9-28(29)31(25)14-13-30(24,18-26)34-31;1-19(2)28(20(3)4)32(27(17)18)34(31(25(13)14)26(15)16)33(29(21(5)6)22(7)8)30(23(9)10)24(11)12;1-18(2)26(17)30(25(15)16)32(29(23(11)12)24(13)14)31(27(19(3)4)20(5)6)28(21(7)8)22(9)10/h6-7,12-13,17-19,21-22,28-30H,5,8-11,14-16,20H2,1-4H3;4-5,10-11,15-17,19-20,26-28,33H,6-9,12-14,18H2,1-3H3;;/t28-,29?,30+,31+,32?,33+;26-,27?,28+,29+,30?,31+;;/m00../s1. The average Bonchev–Trinajstić information content (AvgIpc) is 1.53. The van der Waals surface area contributed by atoms with Crippen LogP contribution in [0, 0.1) is 22.7 Å². The third-order valence-electron chi connectivity index (χ3n) is 34.4. The van der Waals surface area contributed by atoms with E-state index in [-0.39, 0.29) is 33.2 Å². The van der Waals surface area contributed by atoms with Crippen LogP contribution in [0.15, 0.2) is 120 Å². The minimum Gasteiger partial charge on any atom is -0.359 e. The molecule has 4 spiro atoms. The molecule has 2 aromatic heterocycles. The molecule has 6 nitrogen and oxygen atoms in total.